The van der Waals surface area contributed by atoms with Crippen LogP contribution in [0.3, 0.4) is 0 Å². The molecule has 1 heterocycles. The third-order valence-electron chi connectivity index (χ3n) is 5.73. The van der Waals surface area contributed by atoms with Crippen LogP contribution in [0.2, 0.25) is 5.02 Å². The zero-order valence-electron chi connectivity index (χ0n) is 18.6. The highest BCUT2D eigenvalue weighted by Crippen LogP contribution is 2.33. The van der Waals surface area contributed by atoms with Gasteiger partial charge in [-0.2, -0.15) is 4.31 Å². The zero-order valence-corrected chi connectivity index (χ0v) is 20.2. The van der Waals surface area contributed by atoms with Gasteiger partial charge in [-0.25, -0.2) is 13.1 Å². The summed E-state index contributed by atoms with van der Waals surface area (Å²) in [5.41, 5.74) is 3.57. The summed E-state index contributed by atoms with van der Waals surface area (Å²) in [6.07, 6.45) is -0.148. The molecule has 0 radical (unpaired) electrons. The van der Waals surface area contributed by atoms with Gasteiger partial charge >= 0.3 is 5.97 Å². The molecule has 0 amide bonds. The number of aliphatic carboxylic acids is 1. The maximum Gasteiger partial charge on any atom is 0.304 e. The van der Waals surface area contributed by atoms with Crippen LogP contribution in [0, 0.1) is 0 Å². The summed E-state index contributed by atoms with van der Waals surface area (Å²) in [6.45, 7) is 0.0346. The van der Waals surface area contributed by atoms with Gasteiger partial charge in [-0.15, -0.1) is 5.10 Å². The van der Waals surface area contributed by atoms with Gasteiger partial charge in [0, 0.05) is 31.6 Å². The molecule has 0 spiro atoms. The Balaban J connectivity index is 1.69. The van der Waals surface area contributed by atoms with Crippen LogP contribution < -0.4 is 0 Å². The first-order valence-corrected chi connectivity index (χ1v) is 12.3. The minimum atomic E-state index is -3.72. The Morgan fingerprint density at radius 3 is 2.47 bits per heavy atom. The van der Waals surface area contributed by atoms with Gasteiger partial charge in [-0.3, -0.25) is 4.79 Å². The van der Waals surface area contributed by atoms with Crippen molar-refractivity contribution in [2.75, 3.05) is 7.05 Å². The van der Waals surface area contributed by atoms with Crippen LogP contribution in [-0.4, -0.2) is 45.8 Å². The summed E-state index contributed by atoms with van der Waals surface area (Å²) >= 11 is 6.41. The summed E-state index contributed by atoms with van der Waals surface area (Å²) in [5.74, 6) is -1.43. The monoisotopic (exact) mass is 498 g/mol. The highest BCUT2D eigenvalue weighted by molar-refractivity contribution is 7.89. The molecule has 0 saturated heterocycles. The summed E-state index contributed by atoms with van der Waals surface area (Å²) in [5, 5.41) is 18.1. The first-order valence-electron chi connectivity index (χ1n) is 10.5. The van der Waals surface area contributed by atoms with Crippen LogP contribution in [0.5, 0.6) is 0 Å². The minimum Gasteiger partial charge on any atom is -0.481 e. The molecule has 1 N–H and O–H groups in total. The van der Waals surface area contributed by atoms with Gasteiger partial charge in [0.05, 0.1) is 16.8 Å². The third kappa shape index (κ3) is 4.82. The van der Waals surface area contributed by atoms with Crippen molar-refractivity contribution in [2.45, 2.75) is 23.8 Å². The number of carbonyl (C=O) groups is 1. The number of aryl methyl sites for hydroxylation is 1. The van der Waals surface area contributed by atoms with E-state index in [9.17, 15) is 18.3 Å². The van der Waals surface area contributed by atoms with E-state index in [4.69, 9.17) is 11.6 Å². The number of hydrogen-bond acceptors (Lipinski definition) is 5. The van der Waals surface area contributed by atoms with Gasteiger partial charge in [0.15, 0.2) is 0 Å². The average Bonchev–Trinajstić information content (AvgIpc) is 3.19. The predicted octanol–water partition coefficient (Wildman–Crippen LogP) is 4.05. The molecule has 8 nitrogen and oxygen atoms in total. The van der Waals surface area contributed by atoms with Gasteiger partial charge in [0.2, 0.25) is 10.0 Å². The van der Waals surface area contributed by atoms with Crippen molar-refractivity contribution in [1.29, 1.82) is 0 Å². The Bertz CT molecular complexity index is 1450. The fourth-order valence-electron chi connectivity index (χ4n) is 3.91. The van der Waals surface area contributed by atoms with Gasteiger partial charge in [-0.05, 0) is 47.0 Å². The second-order valence-corrected chi connectivity index (χ2v) is 10.5. The average molecular weight is 499 g/mol. The van der Waals surface area contributed by atoms with Crippen molar-refractivity contribution in [3.63, 3.8) is 0 Å². The molecular weight excluding hydrogens is 476 g/mol. The summed E-state index contributed by atoms with van der Waals surface area (Å²) in [7, 11) is -0.442. The van der Waals surface area contributed by atoms with Crippen LogP contribution in [0.15, 0.2) is 71.6 Å². The summed E-state index contributed by atoms with van der Waals surface area (Å²) in [6, 6.07) is 18.9. The Hall–Kier alpha value is -3.27. The number of sulfonamides is 1. The van der Waals surface area contributed by atoms with E-state index in [0.29, 0.717) is 16.1 Å². The molecule has 176 valence electrons. The second-order valence-electron chi connectivity index (χ2n) is 8.04. The van der Waals surface area contributed by atoms with Crippen LogP contribution in [0.1, 0.15) is 29.0 Å². The molecule has 0 aliphatic carbocycles. The van der Waals surface area contributed by atoms with Gasteiger partial charge in [0.1, 0.15) is 5.52 Å². The smallest absolute Gasteiger partial charge is 0.304 e. The maximum absolute atomic E-state index is 13.0. The molecule has 3 aromatic carbocycles. The molecule has 4 rings (SSSR count). The van der Waals surface area contributed by atoms with Crippen molar-refractivity contribution in [3.8, 4) is 0 Å². The van der Waals surface area contributed by atoms with Crippen molar-refractivity contribution < 1.29 is 18.3 Å². The lowest BCUT2D eigenvalue weighted by Gasteiger charge is -2.21. The van der Waals surface area contributed by atoms with E-state index in [1.807, 2.05) is 18.2 Å². The molecule has 4 aromatic rings. The molecule has 0 aliphatic rings. The molecule has 1 unspecified atom stereocenters. The third-order valence-corrected chi connectivity index (χ3v) is 7.92. The fourth-order valence-corrected chi connectivity index (χ4v) is 5.25. The number of benzene rings is 3. The fraction of sp³-hybridized carbons (Fsp3) is 0.208. The first-order chi connectivity index (χ1) is 16.2. The molecule has 0 bridgehead atoms. The number of aromatic nitrogens is 3. The number of halogens is 1. The Kier molecular flexibility index (Phi) is 6.70. The van der Waals surface area contributed by atoms with Crippen molar-refractivity contribution in [3.05, 3.63) is 88.4 Å². The maximum atomic E-state index is 13.0. The second kappa shape index (κ2) is 9.54. The van der Waals surface area contributed by atoms with Gasteiger partial charge in [-0.1, -0.05) is 53.2 Å². The van der Waals surface area contributed by atoms with Crippen molar-refractivity contribution >= 4 is 38.6 Å². The summed E-state index contributed by atoms with van der Waals surface area (Å²) in [4.78, 5) is 11.9. The van der Waals surface area contributed by atoms with E-state index in [0.717, 1.165) is 16.6 Å². The molecule has 1 aromatic heterocycles. The van der Waals surface area contributed by atoms with Crippen LogP contribution in [-0.2, 0) is 28.4 Å². The van der Waals surface area contributed by atoms with E-state index in [-0.39, 0.29) is 17.9 Å². The van der Waals surface area contributed by atoms with E-state index in [1.165, 1.54) is 23.5 Å². The zero-order chi connectivity index (χ0) is 24.5. The number of nitrogens with zero attached hydrogens (tertiary/aromatic N) is 4. The van der Waals surface area contributed by atoms with E-state index >= 15 is 0 Å². The van der Waals surface area contributed by atoms with Crippen LogP contribution in [0.25, 0.3) is 11.0 Å². The number of carboxylic acids is 1. The van der Waals surface area contributed by atoms with Gasteiger partial charge < -0.3 is 5.11 Å². The number of hydrogen-bond donors (Lipinski definition) is 1. The molecule has 0 fully saturated rings. The molecule has 0 saturated carbocycles. The number of carboxylic acid groups (broad SMARTS) is 1. The van der Waals surface area contributed by atoms with E-state index in [1.54, 1.807) is 48.1 Å². The lowest BCUT2D eigenvalue weighted by molar-refractivity contribution is -0.137. The first kappa shape index (κ1) is 23.9. The molecule has 34 heavy (non-hydrogen) atoms. The molecule has 1 atom stereocenters. The predicted molar refractivity (Wildman–Crippen MR) is 129 cm³/mol. The highest BCUT2D eigenvalue weighted by atomic mass is 35.5. The van der Waals surface area contributed by atoms with Crippen LogP contribution in [0.4, 0.5) is 0 Å². The molecule has 10 heteroatoms. The molecular formula is C24H23ClN4O4S. The number of fused-ring (bicyclic) bond motifs is 1. The summed E-state index contributed by atoms with van der Waals surface area (Å²) < 4.78 is 28.8. The standard InChI is InChI=1S/C24H23ClN4O4S/c1-28(34(32,33)19-6-4-3-5-7-19)15-18-12-16(8-10-21(18)25)20(14-24(30)31)17-9-11-23-22(13-17)26-27-29(23)2/h3-13,20H,14-15H2,1-2H3,(H,30,31). The van der Waals surface area contributed by atoms with E-state index in [2.05, 4.69) is 10.3 Å². The SMILES string of the molecule is CN(Cc1cc(C(CC(=O)O)c2ccc3c(c2)nnn3C)ccc1Cl)S(=O)(=O)c1ccccc1. The lowest BCUT2D eigenvalue weighted by Crippen LogP contribution is -2.26. The number of rotatable bonds is 8. The molecule has 0 aliphatic heterocycles. The quantitative estimate of drug-likeness (QED) is 0.393. The van der Waals surface area contributed by atoms with Crippen molar-refractivity contribution in [1.82, 2.24) is 19.3 Å². The largest absolute Gasteiger partial charge is 0.481 e. The van der Waals surface area contributed by atoms with Crippen molar-refractivity contribution in [2.24, 2.45) is 7.05 Å². The normalized spacial score (nSPS) is 12.8. The van der Waals surface area contributed by atoms with Gasteiger partial charge in [0.25, 0.3) is 0 Å². The Morgan fingerprint density at radius 1 is 1.09 bits per heavy atom. The lowest BCUT2D eigenvalue weighted by atomic mass is 9.87. The van der Waals surface area contributed by atoms with E-state index < -0.39 is 21.9 Å². The highest BCUT2D eigenvalue weighted by Gasteiger charge is 2.24. The Morgan fingerprint density at radius 2 is 1.76 bits per heavy atom. The Labute approximate surface area is 202 Å². The van der Waals surface area contributed by atoms with Crippen LogP contribution >= 0.6 is 11.6 Å². The topological polar surface area (TPSA) is 105 Å². The minimum absolute atomic E-state index is 0.0346.